The molecule has 27 heavy (non-hydrogen) atoms. The van der Waals surface area contributed by atoms with Crippen molar-refractivity contribution in [1.29, 1.82) is 0 Å². The Morgan fingerprint density at radius 3 is 2.89 bits per heavy atom. The number of rotatable bonds is 4. The summed E-state index contributed by atoms with van der Waals surface area (Å²) in [6.45, 7) is 1.11. The van der Waals surface area contributed by atoms with Gasteiger partial charge in [-0.1, -0.05) is 11.3 Å². The molecule has 1 aliphatic rings. The molecule has 2 aromatic heterocycles. The van der Waals surface area contributed by atoms with Gasteiger partial charge in [0.15, 0.2) is 5.82 Å². The lowest BCUT2D eigenvalue weighted by atomic mass is 10.1. The van der Waals surface area contributed by atoms with E-state index in [0.29, 0.717) is 41.6 Å². The summed E-state index contributed by atoms with van der Waals surface area (Å²) in [5.74, 6) is -0.784. The molecule has 0 bridgehead atoms. The van der Waals surface area contributed by atoms with Gasteiger partial charge in [-0.05, 0) is 24.3 Å². The third-order valence-corrected chi connectivity index (χ3v) is 5.24. The monoisotopic (exact) mass is 390 g/mol. The third-order valence-electron chi connectivity index (χ3n) is 4.35. The summed E-state index contributed by atoms with van der Waals surface area (Å²) in [4.78, 5) is 18.1. The molecule has 1 saturated heterocycles. The van der Waals surface area contributed by atoms with E-state index in [1.54, 1.807) is 29.4 Å². The number of amides is 1. The van der Waals surface area contributed by atoms with Gasteiger partial charge in [-0.2, -0.15) is 4.98 Å². The molecule has 0 unspecified atom stereocenters. The van der Waals surface area contributed by atoms with Crippen molar-refractivity contribution in [2.75, 3.05) is 13.1 Å². The van der Waals surface area contributed by atoms with Crippen LogP contribution in [0.3, 0.4) is 0 Å². The van der Waals surface area contributed by atoms with E-state index in [4.69, 9.17) is 9.15 Å². The van der Waals surface area contributed by atoms with Crippen molar-refractivity contribution in [3.8, 4) is 5.19 Å². The largest absolute Gasteiger partial charge is 0.467 e. The van der Waals surface area contributed by atoms with Crippen LogP contribution in [0.4, 0.5) is 8.78 Å². The fourth-order valence-corrected chi connectivity index (χ4v) is 3.89. The molecule has 5 nitrogen and oxygen atoms in total. The second kappa shape index (κ2) is 7.48. The van der Waals surface area contributed by atoms with Gasteiger partial charge in [0.2, 0.25) is 5.91 Å². The maximum absolute atomic E-state index is 13.7. The van der Waals surface area contributed by atoms with Gasteiger partial charge < -0.3 is 14.1 Å². The summed E-state index contributed by atoms with van der Waals surface area (Å²) < 4.78 is 38.4. The van der Waals surface area contributed by atoms with Crippen LogP contribution in [0, 0.1) is 11.6 Å². The van der Waals surface area contributed by atoms with Crippen molar-refractivity contribution in [2.24, 2.45) is 0 Å². The average Bonchev–Trinajstić information content (AvgIpc) is 3.30. The molecule has 0 radical (unpaired) electrons. The molecule has 3 aromatic rings. The topological polar surface area (TPSA) is 55.6 Å². The molecule has 1 fully saturated rings. The Morgan fingerprint density at radius 2 is 2.15 bits per heavy atom. The second-order valence-corrected chi connectivity index (χ2v) is 7.20. The van der Waals surface area contributed by atoms with Crippen molar-refractivity contribution >= 4 is 33.5 Å². The average molecular weight is 390 g/mol. The number of thiazole rings is 1. The van der Waals surface area contributed by atoms with E-state index in [2.05, 4.69) is 4.98 Å². The first kappa shape index (κ1) is 17.7. The zero-order chi connectivity index (χ0) is 18.8. The van der Waals surface area contributed by atoms with Crippen LogP contribution >= 0.6 is 11.3 Å². The maximum Gasteiger partial charge on any atom is 0.274 e. The van der Waals surface area contributed by atoms with Crippen molar-refractivity contribution < 1.29 is 22.7 Å². The Hall–Kier alpha value is -2.74. The van der Waals surface area contributed by atoms with Crippen LogP contribution in [-0.2, 0) is 4.79 Å². The minimum Gasteiger partial charge on any atom is -0.467 e. The van der Waals surface area contributed by atoms with Crippen molar-refractivity contribution in [2.45, 2.75) is 18.9 Å². The Bertz CT molecular complexity index is 976. The van der Waals surface area contributed by atoms with Crippen LogP contribution in [-0.4, -0.2) is 35.0 Å². The third kappa shape index (κ3) is 4.00. The van der Waals surface area contributed by atoms with Crippen LogP contribution < -0.4 is 4.74 Å². The van der Waals surface area contributed by atoms with Gasteiger partial charge in [0.05, 0.1) is 11.0 Å². The number of ether oxygens (including phenoxy) is 1. The second-order valence-electron chi connectivity index (χ2n) is 6.21. The van der Waals surface area contributed by atoms with E-state index in [1.165, 1.54) is 12.1 Å². The Balaban J connectivity index is 1.34. The van der Waals surface area contributed by atoms with E-state index >= 15 is 0 Å². The maximum atomic E-state index is 13.7. The fraction of sp³-hybridized carbons (Fsp3) is 0.263. The highest BCUT2D eigenvalue weighted by Crippen LogP contribution is 2.31. The lowest BCUT2D eigenvalue weighted by Crippen LogP contribution is -2.41. The lowest BCUT2D eigenvalue weighted by Gasteiger charge is -2.30. The number of piperidine rings is 1. The quantitative estimate of drug-likeness (QED) is 0.625. The van der Waals surface area contributed by atoms with Gasteiger partial charge in [0.25, 0.3) is 5.19 Å². The Labute approximate surface area is 157 Å². The molecule has 8 heteroatoms. The van der Waals surface area contributed by atoms with E-state index in [0.717, 1.165) is 17.4 Å². The summed E-state index contributed by atoms with van der Waals surface area (Å²) in [5, 5.41) is 0.317. The number of hydrogen-bond donors (Lipinski definition) is 0. The van der Waals surface area contributed by atoms with E-state index in [-0.39, 0.29) is 17.5 Å². The molecule has 3 heterocycles. The summed E-state index contributed by atoms with van der Waals surface area (Å²) >= 11 is 1.12. The number of halogens is 2. The molecule has 140 valence electrons. The number of likely N-dealkylation sites (tertiary alicyclic amines) is 1. The smallest absolute Gasteiger partial charge is 0.274 e. The number of carbonyl (C=O) groups excluding carboxylic acids is 1. The molecular weight excluding hydrogens is 374 g/mol. The van der Waals surface area contributed by atoms with Crippen LogP contribution in [0.5, 0.6) is 5.19 Å². The predicted octanol–water partition coefficient (Wildman–Crippen LogP) is 4.25. The van der Waals surface area contributed by atoms with Crippen molar-refractivity contribution in [1.82, 2.24) is 9.88 Å². The Morgan fingerprint density at radius 1 is 1.33 bits per heavy atom. The van der Waals surface area contributed by atoms with Crippen LogP contribution in [0.2, 0.25) is 0 Å². The summed E-state index contributed by atoms with van der Waals surface area (Å²) in [6, 6.07) is 5.59. The van der Waals surface area contributed by atoms with E-state index < -0.39 is 11.6 Å². The minimum atomic E-state index is -0.695. The van der Waals surface area contributed by atoms with Gasteiger partial charge in [-0.15, -0.1) is 0 Å². The van der Waals surface area contributed by atoms with Crippen molar-refractivity contribution in [3.63, 3.8) is 0 Å². The fourth-order valence-electron chi connectivity index (χ4n) is 2.97. The predicted molar refractivity (Wildman–Crippen MR) is 97.5 cm³/mol. The first-order chi connectivity index (χ1) is 13.1. The number of hydrogen-bond acceptors (Lipinski definition) is 5. The van der Waals surface area contributed by atoms with Crippen LogP contribution in [0.15, 0.2) is 41.0 Å². The molecule has 1 aliphatic heterocycles. The standard InChI is InChI=1S/C19H16F2N2O3S/c20-12-10-15(21)18-16(11-12)27-19(22-18)26-14-5-7-23(8-6-14)17(24)4-3-13-2-1-9-25-13/h1-4,9-11,14H,5-8H2/b4-3+. The normalized spacial score (nSPS) is 15.7. The summed E-state index contributed by atoms with van der Waals surface area (Å²) in [5.41, 5.74) is 0.118. The zero-order valence-electron chi connectivity index (χ0n) is 14.2. The molecule has 4 rings (SSSR count). The van der Waals surface area contributed by atoms with Gasteiger partial charge >= 0.3 is 0 Å². The molecule has 0 aliphatic carbocycles. The summed E-state index contributed by atoms with van der Waals surface area (Å²) in [7, 11) is 0. The lowest BCUT2D eigenvalue weighted by molar-refractivity contribution is -0.127. The molecular formula is C19H16F2N2O3S. The molecule has 1 amide bonds. The van der Waals surface area contributed by atoms with Gasteiger partial charge in [0.1, 0.15) is 23.2 Å². The molecule has 0 atom stereocenters. The molecule has 0 N–H and O–H groups in total. The Kier molecular flexibility index (Phi) is 4.89. The highest BCUT2D eigenvalue weighted by molar-refractivity contribution is 7.20. The zero-order valence-corrected chi connectivity index (χ0v) is 15.0. The SMILES string of the molecule is O=C(/C=C/c1ccco1)N1CCC(Oc2nc3c(F)cc(F)cc3s2)CC1. The molecule has 0 spiro atoms. The number of nitrogens with zero attached hydrogens (tertiary/aromatic N) is 2. The molecule has 0 saturated carbocycles. The van der Waals surface area contributed by atoms with Gasteiger partial charge in [-0.25, -0.2) is 8.78 Å². The highest BCUT2D eigenvalue weighted by Gasteiger charge is 2.24. The number of benzene rings is 1. The minimum absolute atomic E-state index is 0.0811. The molecule has 1 aromatic carbocycles. The van der Waals surface area contributed by atoms with Gasteiger partial charge in [-0.3, -0.25) is 4.79 Å². The highest BCUT2D eigenvalue weighted by atomic mass is 32.1. The number of carbonyl (C=O) groups is 1. The number of aromatic nitrogens is 1. The first-order valence-corrected chi connectivity index (χ1v) is 9.33. The van der Waals surface area contributed by atoms with E-state index in [1.807, 2.05) is 0 Å². The van der Waals surface area contributed by atoms with Crippen molar-refractivity contribution in [3.05, 3.63) is 54.0 Å². The number of fused-ring (bicyclic) bond motifs is 1. The number of furan rings is 1. The van der Waals surface area contributed by atoms with Gasteiger partial charge in [0, 0.05) is 38.1 Å². The summed E-state index contributed by atoms with van der Waals surface area (Å²) in [6.07, 6.45) is 5.86. The first-order valence-electron chi connectivity index (χ1n) is 8.51. The van der Waals surface area contributed by atoms with E-state index in [9.17, 15) is 13.6 Å². The van der Waals surface area contributed by atoms with Crippen LogP contribution in [0.25, 0.3) is 16.3 Å². The van der Waals surface area contributed by atoms with Crippen LogP contribution in [0.1, 0.15) is 18.6 Å².